The number of hydrogen-bond acceptors (Lipinski definition) is 7. The van der Waals surface area contributed by atoms with Crippen molar-refractivity contribution in [3.63, 3.8) is 0 Å². The molecule has 1 saturated heterocycles. The molecular formula is C16H14F4O7. The summed E-state index contributed by atoms with van der Waals surface area (Å²) in [7, 11) is 2.34. The van der Waals surface area contributed by atoms with Gasteiger partial charge in [0.05, 0.1) is 7.11 Å². The van der Waals surface area contributed by atoms with Crippen molar-refractivity contribution in [3.8, 4) is 0 Å². The molecule has 0 radical (unpaired) electrons. The summed E-state index contributed by atoms with van der Waals surface area (Å²) in [6.07, 6.45) is -5.00. The molecule has 0 aromatic heterocycles. The molecule has 0 spiro atoms. The van der Waals surface area contributed by atoms with E-state index in [1.165, 1.54) is 7.11 Å². The lowest BCUT2D eigenvalue weighted by Gasteiger charge is -2.28. The SMILES string of the molecule is COC(=O)COCC(=O)OC1C2O[C@@H](c3c(F)c(F)c(F)c(F)c32)[C@H]1OC. The van der Waals surface area contributed by atoms with Gasteiger partial charge in [0.25, 0.3) is 0 Å². The van der Waals surface area contributed by atoms with Crippen LogP contribution in [-0.2, 0) is 33.3 Å². The smallest absolute Gasteiger partial charge is 0.332 e. The van der Waals surface area contributed by atoms with Crippen molar-refractivity contribution >= 4 is 11.9 Å². The number of carbonyl (C=O) groups is 2. The first kappa shape index (κ1) is 19.5. The zero-order chi connectivity index (χ0) is 19.9. The van der Waals surface area contributed by atoms with Crippen LogP contribution in [0.4, 0.5) is 17.6 Å². The Morgan fingerprint density at radius 3 is 1.89 bits per heavy atom. The summed E-state index contributed by atoms with van der Waals surface area (Å²) in [5.74, 6) is -8.81. The normalized spacial score (nSPS) is 25.4. The monoisotopic (exact) mass is 394 g/mol. The molecule has 1 aromatic rings. The van der Waals surface area contributed by atoms with Gasteiger partial charge in [0.15, 0.2) is 29.4 Å². The fourth-order valence-electron chi connectivity index (χ4n) is 3.19. The lowest BCUT2D eigenvalue weighted by Crippen LogP contribution is -2.39. The topological polar surface area (TPSA) is 80.3 Å². The van der Waals surface area contributed by atoms with Crippen LogP contribution in [-0.4, -0.2) is 51.6 Å². The molecule has 2 unspecified atom stereocenters. The van der Waals surface area contributed by atoms with Gasteiger partial charge in [-0.05, 0) is 0 Å². The Morgan fingerprint density at radius 1 is 0.852 bits per heavy atom. The number of hydrogen-bond donors (Lipinski definition) is 0. The van der Waals surface area contributed by atoms with E-state index in [4.69, 9.17) is 18.9 Å². The maximum absolute atomic E-state index is 14.2. The third kappa shape index (κ3) is 3.15. The molecule has 148 valence electrons. The highest BCUT2D eigenvalue weighted by Crippen LogP contribution is 2.55. The average Bonchev–Trinajstić information content (AvgIpc) is 3.20. The molecule has 0 amide bonds. The fourth-order valence-corrected chi connectivity index (χ4v) is 3.19. The number of rotatable bonds is 6. The predicted octanol–water partition coefficient (Wildman–Crippen LogP) is 1.49. The number of benzene rings is 1. The number of halogens is 4. The van der Waals surface area contributed by atoms with E-state index in [1.807, 2.05) is 0 Å². The minimum atomic E-state index is -1.98. The molecule has 2 aliphatic rings. The third-order valence-electron chi connectivity index (χ3n) is 4.33. The second-order valence-corrected chi connectivity index (χ2v) is 5.78. The lowest BCUT2D eigenvalue weighted by molar-refractivity contribution is -0.164. The van der Waals surface area contributed by atoms with Gasteiger partial charge in [0.2, 0.25) is 0 Å². The fraction of sp³-hybridized carbons (Fsp3) is 0.500. The predicted molar refractivity (Wildman–Crippen MR) is 76.4 cm³/mol. The zero-order valence-corrected chi connectivity index (χ0v) is 14.1. The van der Waals surface area contributed by atoms with E-state index in [-0.39, 0.29) is 0 Å². The number of carbonyl (C=O) groups excluding carboxylic acids is 2. The summed E-state index contributed by atoms with van der Waals surface area (Å²) >= 11 is 0. The second-order valence-electron chi connectivity index (χ2n) is 5.78. The van der Waals surface area contributed by atoms with Gasteiger partial charge in [-0.2, -0.15) is 0 Å². The van der Waals surface area contributed by atoms with Gasteiger partial charge >= 0.3 is 11.9 Å². The molecule has 2 bridgehead atoms. The van der Waals surface area contributed by atoms with Crippen LogP contribution in [0.3, 0.4) is 0 Å². The highest BCUT2D eigenvalue weighted by Gasteiger charge is 2.58. The van der Waals surface area contributed by atoms with Crippen LogP contribution in [0, 0.1) is 23.3 Å². The Morgan fingerprint density at radius 2 is 1.37 bits per heavy atom. The van der Waals surface area contributed by atoms with Crippen LogP contribution in [0.1, 0.15) is 23.3 Å². The lowest BCUT2D eigenvalue weighted by atomic mass is 9.86. The first-order valence-corrected chi connectivity index (χ1v) is 7.69. The molecule has 0 aliphatic carbocycles. The molecule has 0 N–H and O–H groups in total. The molecule has 2 heterocycles. The Balaban J connectivity index is 1.80. The van der Waals surface area contributed by atoms with Crippen molar-refractivity contribution in [1.82, 2.24) is 0 Å². The van der Waals surface area contributed by atoms with E-state index in [0.717, 1.165) is 7.11 Å². The minimum Gasteiger partial charge on any atom is -0.467 e. The van der Waals surface area contributed by atoms with E-state index in [2.05, 4.69) is 4.74 Å². The number of ether oxygens (including phenoxy) is 5. The number of fused-ring (bicyclic) bond motifs is 5. The molecule has 1 aromatic carbocycles. The Labute approximate surface area is 150 Å². The Hall–Kier alpha value is -2.24. The maximum atomic E-state index is 14.2. The van der Waals surface area contributed by atoms with Gasteiger partial charge < -0.3 is 23.7 Å². The third-order valence-corrected chi connectivity index (χ3v) is 4.33. The Bertz CT molecular complexity index is 785. The van der Waals surface area contributed by atoms with Crippen molar-refractivity contribution in [2.24, 2.45) is 0 Å². The summed E-state index contributed by atoms with van der Waals surface area (Å²) in [6.45, 7) is -1.14. The quantitative estimate of drug-likeness (QED) is 0.313. The standard InChI is InChI=1S/C16H14F4O7/c1-23-5(21)3-25-4-6(22)26-16-14-8-7(13(27-14)15(16)24-2)9(17)11(19)12(20)10(8)18/h13-16H,3-4H2,1-2H3/t13-,14?,15+,16?/m0/s1. The molecular weight excluding hydrogens is 380 g/mol. The van der Waals surface area contributed by atoms with E-state index >= 15 is 0 Å². The van der Waals surface area contributed by atoms with Crippen LogP contribution >= 0.6 is 0 Å². The summed E-state index contributed by atoms with van der Waals surface area (Å²) in [5, 5.41) is 0. The van der Waals surface area contributed by atoms with Crippen molar-refractivity contribution in [3.05, 3.63) is 34.4 Å². The second kappa shape index (κ2) is 7.41. The first-order chi connectivity index (χ1) is 12.8. The molecule has 7 nitrogen and oxygen atoms in total. The highest BCUT2D eigenvalue weighted by atomic mass is 19.2. The van der Waals surface area contributed by atoms with E-state index < -0.39 is 84.0 Å². The van der Waals surface area contributed by atoms with E-state index in [1.54, 1.807) is 0 Å². The van der Waals surface area contributed by atoms with Crippen LogP contribution in [0.5, 0.6) is 0 Å². The maximum Gasteiger partial charge on any atom is 0.332 e. The number of esters is 2. The molecule has 3 rings (SSSR count). The van der Waals surface area contributed by atoms with E-state index in [9.17, 15) is 27.2 Å². The first-order valence-electron chi connectivity index (χ1n) is 7.69. The summed E-state index contributed by atoms with van der Waals surface area (Å²) in [5.41, 5.74) is -1.06. The van der Waals surface area contributed by atoms with Gasteiger partial charge in [-0.1, -0.05) is 0 Å². The molecule has 11 heteroatoms. The van der Waals surface area contributed by atoms with Crippen molar-refractivity contribution < 1.29 is 50.8 Å². The van der Waals surface area contributed by atoms with Gasteiger partial charge in [-0.3, -0.25) is 0 Å². The van der Waals surface area contributed by atoms with Gasteiger partial charge in [-0.15, -0.1) is 0 Å². The summed E-state index contributed by atoms with van der Waals surface area (Å²) in [6, 6.07) is 0. The van der Waals surface area contributed by atoms with Crippen LogP contribution in [0.25, 0.3) is 0 Å². The van der Waals surface area contributed by atoms with E-state index in [0.29, 0.717) is 0 Å². The van der Waals surface area contributed by atoms with Crippen molar-refractivity contribution in [1.29, 1.82) is 0 Å². The van der Waals surface area contributed by atoms with Crippen molar-refractivity contribution in [2.75, 3.05) is 27.4 Å². The highest BCUT2D eigenvalue weighted by molar-refractivity contribution is 5.73. The Kier molecular flexibility index (Phi) is 5.36. The van der Waals surface area contributed by atoms with Gasteiger partial charge in [0.1, 0.15) is 31.5 Å². The molecule has 4 atom stereocenters. The van der Waals surface area contributed by atoms with Crippen LogP contribution in [0.15, 0.2) is 0 Å². The van der Waals surface area contributed by atoms with Gasteiger partial charge in [0, 0.05) is 18.2 Å². The number of methoxy groups -OCH3 is 2. The minimum absolute atomic E-state index is 0.500. The largest absolute Gasteiger partial charge is 0.467 e. The summed E-state index contributed by atoms with van der Waals surface area (Å²) < 4.78 is 80.0. The van der Waals surface area contributed by atoms with Gasteiger partial charge in [-0.25, -0.2) is 27.2 Å². The van der Waals surface area contributed by atoms with Crippen molar-refractivity contribution in [2.45, 2.75) is 24.4 Å². The molecule has 2 aliphatic heterocycles. The molecule has 1 fully saturated rings. The zero-order valence-electron chi connectivity index (χ0n) is 14.1. The average molecular weight is 394 g/mol. The molecule has 0 saturated carbocycles. The summed E-state index contributed by atoms with van der Waals surface area (Å²) in [4.78, 5) is 22.8. The molecule has 27 heavy (non-hydrogen) atoms. The van der Waals surface area contributed by atoms with Crippen LogP contribution in [0.2, 0.25) is 0 Å². The van der Waals surface area contributed by atoms with Crippen LogP contribution < -0.4 is 0 Å².